The van der Waals surface area contributed by atoms with Crippen molar-refractivity contribution in [2.45, 2.75) is 51.0 Å². The molecule has 10 nitrogen and oxygen atoms in total. The molecule has 0 saturated heterocycles. The Balaban J connectivity index is 1.09. The SMILES string of the molecule is CS(=O)(=O)N(OC(=O)c1ccccc1)c1cc(C(O)CNCCCCCCOCCCCc2cc3ccccc3o2)ccc1O. The van der Waals surface area contributed by atoms with E-state index in [9.17, 15) is 23.4 Å². The molecular formula is C34H42N2O8S. The minimum atomic E-state index is -4.12. The zero-order chi connectivity index (χ0) is 32.1. The summed E-state index contributed by atoms with van der Waals surface area (Å²) >= 11 is 0. The third-order valence-electron chi connectivity index (χ3n) is 7.23. The fourth-order valence-corrected chi connectivity index (χ4v) is 5.53. The van der Waals surface area contributed by atoms with Gasteiger partial charge in [-0.25, -0.2) is 13.2 Å². The highest BCUT2D eigenvalue weighted by molar-refractivity contribution is 7.91. The van der Waals surface area contributed by atoms with E-state index in [0.29, 0.717) is 16.6 Å². The number of aromatic hydroxyl groups is 1. The number of sulfonamides is 1. The van der Waals surface area contributed by atoms with E-state index in [0.717, 1.165) is 81.1 Å². The van der Waals surface area contributed by atoms with Gasteiger partial charge in [0.2, 0.25) is 0 Å². The van der Waals surface area contributed by atoms with Crippen molar-refractivity contribution in [1.29, 1.82) is 0 Å². The minimum Gasteiger partial charge on any atom is -0.506 e. The molecule has 242 valence electrons. The lowest BCUT2D eigenvalue weighted by Gasteiger charge is -2.23. The number of hydrogen-bond acceptors (Lipinski definition) is 9. The lowest BCUT2D eigenvalue weighted by atomic mass is 10.1. The van der Waals surface area contributed by atoms with Crippen LogP contribution in [0.5, 0.6) is 5.75 Å². The second kappa shape index (κ2) is 17.0. The standard InChI is InChI=1S/C34H42N2O8S/c1-45(40,41)36(44-34(39)26-13-5-4-6-14-26)30-24-27(18-19-31(30)37)32(38)25-35-20-10-2-3-11-21-42-22-12-9-16-29-23-28-15-7-8-17-33(28)43-29/h4-8,13-15,17-19,23-24,32,35,37-38H,2-3,9-12,16,20-22,25H2,1H3. The fourth-order valence-electron chi connectivity index (χ4n) is 4.82. The van der Waals surface area contributed by atoms with E-state index in [1.807, 2.05) is 18.2 Å². The number of ether oxygens (including phenoxy) is 1. The molecule has 4 aromatic rings. The molecule has 0 aliphatic heterocycles. The Labute approximate surface area is 264 Å². The number of fused-ring (bicyclic) bond motifs is 1. The Bertz CT molecular complexity index is 1570. The quantitative estimate of drug-likeness (QED) is 0.0846. The molecule has 1 heterocycles. The third kappa shape index (κ3) is 10.6. The van der Waals surface area contributed by atoms with Gasteiger partial charge >= 0.3 is 5.97 Å². The molecule has 45 heavy (non-hydrogen) atoms. The zero-order valence-corrected chi connectivity index (χ0v) is 26.4. The molecule has 0 spiro atoms. The number of nitrogens with one attached hydrogen (secondary N) is 1. The first-order valence-electron chi connectivity index (χ1n) is 15.3. The van der Waals surface area contributed by atoms with Gasteiger partial charge in [0.25, 0.3) is 10.0 Å². The Hall–Kier alpha value is -3.90. The van der Waals surface area contributed by atoms with Crippen LogP contribution in [-0.2, 0) is 26.0 Å². The second-order valence-corrected chi connectivity index (χ2v) is 12.7. The molecule has 11 heteroatoms. The van der Waals surface area contributed by atoms with E-state index in [1.165, 1.54) is 30.3 Å². The van der Waals surface area contributed by atoms with E-state index >= 15 is 0 Å². The number of unbranched alkanes of at least 4 members (excludes halogenated alkanes) is 4. The third-order valence-corrected chi connectivity index (χ3v) is 8.10. The van der Waals surface area contributed by atoms with Crippen molar-refractivity contribution in [2.24, 2.45) is 0 Å². The molecule has 1 unspecified atom stereocenters. The summed E-state index contributed by atoms with van der Waals surface area (Å²) in [5.41, 5.74) is 1.16. The van der Waals surface area contributed by atoms with Gasteiger partial charge < -0.3 is 29.5 Å². The number of furan rings is 1. The smallest absolute Gasteiger partial charge is 0.364 e. The number of rotatable bonds is 19. The Morgan fingerprint density at radius 2 is 1.62 bits per heavy atom. The van der Waals surface area contributed by atoms with E-state index < -0.39 is 27.8 Å². The number of nitrogens with zero attached hydrogens (tertiary/aromatic N) is 1. The molecule has 3 aromatic carbocycles. The number of aryl methyl sites for hydroxylation is 1. The number of carbonyl (C=O) groups is 1. The number of phenolic OH excluding ortho intramolecular Hbond substituents is 1. The summed E-state index contributed by atoms with van der Waals surface area (Å²) in [6, 6.07) is 22.1. The largest absolute Gasteiger partial charge is 0.506 e. The van der Waals surface area contributed by atoms with Crippen LogP contribution in [0.2, 0.25) is 0 Å². The van der Waals surface area contributed by atoms with Crippen molar-refractivity contribution in [2.75, 3.05) is 37.0 Å². The van der Waals surface area contributed by atoms with Gasteiger partial charge in [-0.1, -0.05) is 59.8 Å². The van der Waals surface area contributed by atoms with E-state index in [2.05, 4.69) is 17.4 Å². The van der Waals surface area contributed by atoms with Crippen LogP contribution in [0.15, 0.2) is 83.3 Å². The first kappa shape index (κ1) is 34.0. The monoisotopic (exact) mass is 638 g/mol. The Kier molecular flexibility index (Phi) is 12.8. The molecule has 0 fully saturated rings. The number of aliphatic hydroxyl groups excluding tert-OH is 1. The molecular weight excluding hydrogens is 596 g/mol. The number of hydrogen-bond donors (Lipinski definition) is 3. The summed E-state index contributed by atoms with van der Waals surface area (Å²) in [6.07, 6.45) is 6.82. The summed E-state index contributed by atoms with van der Waals surface area (Å²) in [6.45, 7) is 2.42. The Morgan fingerprint density at radius 3 is 2.38 bits per heavy atom. The maximum atomic E-state index is 12.5. The summed E-state index contributed by atoms with van der Waals surface area (Å²) in [5.74, 6) is -0.308. The maximum absolute atomic E-state index is 12.5. The predicted molar refractivity (Wildman–Crippen MR) is 174 cm³/mol. The number of phenols is 1. The van der Waals surface area contributed by atoms with Crippen LogP contribution >= 0.6 is 0 Å². The predicted octanol–water partition coefficient (Wildman–Crippen LogP) is 5.90. The normalized spacial score (nSPS) is 12.3. The average molecular weight is 639 g/mol. The van der Waals surface area contributed by atoms with Gasteiger partial charge in [0, 0.05) is 31.6 Å². The fraction of sp³-hybridized carbons (Fsp3) is 0.382. The average Bonchev–Trinajstić information content (AvgIpc) is 3.45. The molecule has 0 aliphatic carbocycles. The molecule has 0 radical (unpaired) electrons. The van der Waals surface area contributed by atoms with E-state index in [1.54, 1.807) is 18.2 Å². The number of benzene rings is 3. The van der Waals surface area contributed by atoms with Gasteiger partial charge in [0.1, 0.15) is 22.8 Å². The summed E-state index contributed by atoms with van der Waals surface area (Å²) in [4.78, 5) is 17.7. The maximum Gasteiger partial charge on any atom is 0.364 e. The first-order chi connectivity index (χ1) is 21.7. The zero-order valence-electron chi connectivity index (χ0n) is 25.6. The molecule has 0 amide bonds. The number of para-hydroxylation sites is 1. The highest BCUT2D eigenvalue weighted by Gasteiger charge is 2.27. The van der Waals surface area contributed by atoms with Gasteiger partial charge in [0.05, 0.1) is 17.9 Å². The molecule has 1 aromatic heterocycles. The second-order valence-electron chi connectivity index (χ2n) is 10.9. The minimum absolute atomic E-state index is 0.143. The highest BCUT2D eigenvalue weighted by atomic mass is 32.2. The number of aliphatic hydroxyl groups is 1. The van der Waals surface area contributed by atoms with Gasteiger partial charge in [0.15, 0.2) is 0 Å². The van der Waals surface area contributed by atoms with Crippen molar-refractivity contribution >= 4 is 32.6 Å². The van der Waals surface area contributed by atoms with Gasteiger partial charge in [-0.3, -0.25) is 0 Å². The van der Waals surface area contributed by atoms with Crippen molar-refractivity contribution in [1.82, 2.24) is 5.32 Å². The van der Waals surface area contributed by atoms with Gasteiger partial charge in [-0.2, -0.15) is 0 Å². The van der Waals surface area contributed by atoms with Crippen LogP contribution < -0.4 is 9.79 Å². The lowest BCUT2D eigenvalue weighted by Crippen LogP contribution is -2.33. The number of anilines is 1. The van der Waals surface area contributed by atoms with Crippen LogP contribution in [0, 0.1) is 0 Å². The van der Waals surface area contributed by atoms with Crippen LogP contribution in [-0.4, -0.2) is 57.2 Å². The molecule has 0 bridgehead atoms. The van der Waals surface area contributed by atoms with E-state index in [-0.39, 0.29) is 17.8 Å². The van der Waals surface area contributed by atoms with Crippen molar-refractivity contribution in [3.05, 3.63) is 95.7 Å². The van der Waals surface area contributed by atoms with Crippen LogP contribution in [0.4, 0.5) is 5.69 Å². The van der Waals surface area contributed by atoms with Crippen molar-refractivity contribution < 1.29 is 37.4 Å². The lowest BCUT2D eigenvalue weighted by molar-refractivity contribution is 0.0527. The van der Waals surface area contributed by atoms with Crippen molar-refractivity contribution in [3.63, 3.8) is 0 Å². The first-order valence-corrected chi connectivity index (χ1v) is 17.1. The molecule has 4 rings (SSSR count). The Morgan fingerprint density at radius 1 is 0.911 bits per heavy atom. The summed E-state index contributed by atoms with van der Waals surface area (Å²) in [7, 11) is -4.12. The highest BCUT2D eigenvalue weighted by Crippen LogP contribution is 2.32. The topological polar surface area (TPSA) is 139 Å². The van der Waals surface area contributed by atoms with Crippen LogP contribution in [0.1, 0.15) is 66.3 Å². The van der Waals surface area contributed by atoms with Gasteiger partial charge in [-0.05, 0) is 74.2 Å². The molecule has 0 saturated carbocycles. The summed E-state index contributed by atoms with van der Waals surface area (Å²) in [5, 5.41) is 25.4. The number of carbonyl (C=O) groups excluding carboxylic acids is 1. The molecule has 0 aliphatic rings. The molecule has 3 N–H and O–H groups in total. The molecule has 1 atom stereocenters. The van der Waals surface area contributed by atoms with Gasteiger partial charge in [-0.15, -0.1) is 0 Å². The van der Waals surface area contributed by atoms with Crippen LogP contribution in [0.25, 0.3) is 11.0 Å². The summed E-state index contributed by atoms with van der Waals surface area (Å²) < 4.78 is 36.9. The van der Waals surface area contributed by atoms with Crippen molar-refractivity contribution in [3.8, 4) is 5.75 Å². The van der Waals surface area contributed by atoms with Crippen LogP contribution in [0.3, 0.4) is 0 Å². The van der Waals surface area contributed by atoms with E-state index in [4.69, 9.17) is 14.0 Å².